The summed E-state index contributed by atoms with van der Waals surface area (Å²) < 4.78 is 1.80. The number of nitrogens with one attached hydrogen (secondary N) is 1. The van der Waals surface area contributed by atoms with Crippen LogP contribution in [0.1, 0.15) is 18.7 Å². The van der Waals surface area contributed by atoms with Crippen LogP contribution in [0, 0.1) is 5.92 Å². The van der Waals surface area contributed by atoms with Gasteiger partial charge in [-0.1, -0.05) is 13.8 Å². The third-order valence-corrected chi connectivity index (χ3v) is 3.36. The first-order chi connectivity index (χ1) is 8.15. The van der Waals surface area contributed by atoms with E-state index in [1.165, 1.54) is 4.88 Å². The first-order valence-electron chi connectivity index (χ1n) is 5.80. The van der Waals surface area contributed by atoms with Crippen LogP contribution in [0.3, 0.4) is 0 Å². The van der Waals surface area contributed by atoms with Gasteiger partial charge in [0, 0.05) is 30.9 Å². The highest BCUT2D eigenvalue weighted by Gasteiger charge is 2.07. The maximum atomic E-state index is 4.40. The molecular weight excluding hydrogens is 232 g/mol. The quantitative estimate of drug-likeness (QED) is 0.885. The van der Waals surface area contributed by atoms with Gasteiger partial charge in [-0.15, -0.1) is 11.3 Å². The Morgan fingerprint density at radius 1 is 1.47 bits per heavy atom. The van der Waals surface area contributed by atoms with E-state index in [2.05, 4.69) is 29.2 Å². The molecule has 5 heteroatoms. The van der Waals surface area contributed by atoms with E-state index >= 15 is 0 Å². The van der Waals surface area contributed by atoms with Crippen molar-refractivity contribution in [1.29, 1.82) is 0 Å². The van der Waals surface area contributed by atoms with E-state index in [1.54, 1.807) is 16.0 Å². The molecular formula is C12H18N4S. The Morgan fingerprint density at radius 3 is 2.94 bits per heavy atom. The predicted octanol–water partition coefficient (Wildman–Crippen LogP) is 2.29. The van der Waals surface area contributed by atoms with Crippen molar-refractivity contribution in [3.8, 4) is 10.7 Å². The third-order valence-electron chi connectivity index (χ3n) is 2.34. The third kappa shape index (κ3) is 3.38. The van der Waals surface area contributed by atoms with E-state index in [0.717, 1.165) is 23.8 Å². The fourth-order valence-corrected chi connectivity index (χ4v) is 2.37. The van der Waals surface area contributed by atoms with E-state index in [-0.39, 0.29) is 0 Å². The number of nitrogens with zero attached hydrogens (tertiary/aromatic N) is 3. The van der Waals surface area contributed by atoms with Gasteiger partial charge in [0.1, 0.15) is 10.7 Å². The Balaban J connectivity index is 1.96. The van der Waals surface area contributed by atoms with Gasteiger partial charge in [-0.05, 0) is 18.5 Å². The average molecular weight is 250 g/mol. The number of aryl methyl sites for hydroxylation is 1. The standard InChI is InChI=1S/C12H18N4S/c1-9(2)6-13-7-10-8-14-12(17-10)11-4-5-16(3)15-11/h4-5,8-9,13H,6-7H2,1-3H3. The molecule has 0 fully saturated rings. The normalized spacial score (nSPS) is 11.3. The van der Waals surface area contributed by atoms with Crippen LogP contribution in [0.15, 0.2) is 18.5 Å². The molecule has 2 aromatic rings. The molecule has 0 saturated carbocycles. The van der Waals surface area contributed by atoms with Crippen LogP contribution in [0.2, 0.25) is 0 Å². The van der Waals surface area contributed by atoms with Gasteiger partial charge in [0.15, 0.2) is 0 Å². The second-order valence-electron chi connectivity index (χ2n) is 4.53. The van der Waals surface area contributed by atoms with Gasteiger partial charge in [-0.2, -0.15) is 5.10 Å². The van der Waals surface area contributed by atoms with Crippen molar-refractivity contribution >= 4 is 11.3 Å². The lowest BCUT2D eigenvalue weighted by atomic mass is 10.2. The van der Waals surface area contributed by atoms with Gasteiger partial charge < -0.3 is 5.32 Å². The molecule has 0 radical (unpaired) electrons. The molecule has 2 heterocycles. The number of thiazole rings is 1. The molecule has 0 aliphatic heterocycles. The van der Waals surface area contributed by atoms with E-state index in [0.29, 0.717) is 5.92 Å². The number of aromatic nitrogens is 3. The monoisotopic (exact) mass is 250 g/mol. The molecule has 0 amide bonds. The van der Waals surface area contributed by atoms with Crippen LogP contribution < -0.4 is 5.32 Å². The van der Waals surface area contributed by atoms with Crippen LogP contribution in [-0.2, 0) is 13.6 Å². The average Bonchev–Trinajstić information content (AvgIpc) is 2.86. The van der Waals surface area contributed by atoms with Crippen molar-refractivity contribution in [1.82, 2.24) is 20.1 Å². The van der Waals surface area contributed by atoms with Crippen LogP contribution in [0.25, 0.3) is 10.7 Å². The van der Waals surface area contributed by atoms with Crippen LogP contribution in [0.4, 0.5) is 0 Å². The molecule has 4 nitrogen and oxygen atoms in total. The summed E-state index contributed by atoms with van der Waals surface area (Å²) in [5.41, 5.74) is 0.951. The molecule has 0 bridgehead atoms. The van der Waals surface area contributed by atoms with Crippen LogP contribution in [0.5, 0.6) is 0 Å². The molecule has 2 aromatic heterocycles. The second-order valence-corrected chi connectivity index (χ2v) is 5.65. The van der Waals surface area contributed by atoms with E-state index in [1.807, 2.05) is 25.5 Å². The summed E-state index contributed by atoms with van der Waals surface area (Å²) in [6.45, 7) is 6.34. The lowest BCUT2D eigenvalue weighted by Gasteiger charge is -2.04. The Bertz CT molecular complexity index is 472. The smallest absolute Gasteiger partial charge is 0.143 e. The van der Waals surface area contributed by atoms with Gasteiger partial charge in [0.05, 0.1) is 0 Å². The molecule has 0 atom stereocenters. The Labute approximate surface area is 106 Å². The van der Waals surface area contributed by atoms with Crippen molar-refractivity contribution in [3.63, 3.8) is 0 Å². The Kier molecular flexibility index (Phi) is 3.91. The number of rotatable bonds is 5. The van der Waals surface area contributed by atoms with Gasteiger partial charge in [0.2, 0.25) is 0 Å². The fraction of sp³-hybridized carbons (Fsp3) is 0.500. The van der Waals surface area contributed by atoms with Crippen molar-refractivity contribution in [3.05, 3.63) is 23.3 Å². The summed E-state index contributed by atoms with van der Waals surface area (Å²) >= 11 is 1.70. The van der Waals surface area contributed by atoms with Crippen LogP contribution >= 0.6 is 11.3 Å². The summed E-state index contributed by atoms with van der Waals surface area (Å²) in [6.07, 6.45) is 3.87. The summed E-state index contributed by atoms with van der Waals surface area (Å²) in [5, 5.41) is 8.76. The Morgan fingerprint density at radius 2 is 2.29 bits per heavy atom. The zero-order chi connectivity index (χ0) is 12.3. The van der Waals surface area contributed by atoms with Gasteiger partial charge >= 0.3 is 0 Å². The van der Waals surface area contributed by atoms with Crippen molar-refractivity contribution in [2.24, 2.45) is 13.0 Å². The summed E-state index contributed by atoms with van der Waals surface area (Å²) in [5.74, 6) is 0.679. The van der Waals surface area contributed by atoms with Crippen molar-refractivity contribution in [2.45, 2.75) is 20.4 Å². The molecule has 0 unspecified atom stereocenters. The number of hydrogen-bond donors (Lipinski definition) is 1. The van der Waals surface area contributed by atoms with E-state index in [4.69, 9.17) is 0 Å². The Hall–Kier alpha value is -1.20. The molecule has 2 rings (SSSR count). The highest BCUT2D eigenvalue weighted by Crippen LogP contribution is 2.23. The molecule has 0 aliphatic carbocycles. The molecule has 0 aliphatic rings. The highest BCUT2D eigenvalue weighted by atomic mass is 32.1. The summed E-state index contributed by atoms with van der Waals surface area (Å²) in [7, 11) is 1.92. The molecule has 17 heavy (non-hydrogen) atoms. The summed E-state index contributed by atoms with van der Waals surface area (Å²) in [6, 6.07) is 1.99. The van der Waals surface area contributed by atoms with E-state index < -0.39 is 0 Å². The molecule has 1 N–H and O–H groups in total. The minimum Gasteiger partial charge on any atom is -0.312 e. The number of hydrogen-bond acceptors (Lipinski definition) is 4. The van der Waals surface area contributed by atoms with E-state index in [9.17, 15) is 0 Å². The van der Waals surface area contributed by atoms with Crippen LogP contribution in [-0.4, -0.2) is 21.3 Å². The SMILES string of the molecule is CC(C)CNCc1cnc(-c2ccn(C)n2)s1. The second kappa shape index (κ2) is 5.42. The van der Waals surface area contributed by atoms with Crippen molar-refractivity contribution in [2.75, 3.05) is 6.54 Å². The zero-order valence-corrected chi connectivity index (χ0v) is 11.3. The lowest BCUT2D eigenvalue weighted by molar-refractivity contribution is 0.554. The maximum absolute atomic E-state index is 4.40. The van der Waals surface area contributed by atoms with Gasteiger partial charge in [0.25, 0.3) is 0 Å². The first-order valence-corrected chi connectivity index (χ1v) is 6.62. The first kappa shape index (κ1) is 12.3. The highest BCUT2D eigenvalue weighted by molar-refractivity contribution is 7.14. The van der Waals surface area contributed by atoms with Crippen molar-refractivity contribution < 1.29 is 0 Å². The fourth-order valence-electron chi connectivity index (χ4n) is 1.52. The lowest BCUT2D eigenvalue weighted by Crippen LogP contribution is -2.18. The van der Waals surface area contributed by atoms with Gasteiger partial charge in [-0.25, -0.2) is 4.98 Å². The minimum absolute atomic E-state index is 0.679. The maximum Gasteiger partial charge on any atom is 0.143 e. The minimum atomic E-state index is 0.679. The zero-order valence-electron chi connectivity index (χ0n) is 10.5. The largest absolute Gasteiger partial charge is 0.312 e. The van der Waals surface area contributed by atoms with Gasteiger partial charge in [-0.3, -0.25) is 4.68 Å². The molecule has 92 valence electrons. The predicted molar refractivity (Wildman–Crippen MR) is 70.9 cm³/mol. The molecule has 0 spiro atoms. The summed E-state index contributed by atoms with van der Waals surface area (Å²) in [4.78, 5) is 5.66. The molecule has 0 aromatic carbocycles. The molecule has 0 saturated heterocycles. The topological polar surface area (TPSA) is 42.7 Å².